The first-order valence-electron chi connectivity index (χ1n) is 9.53. The number of amides is 4. The van der Waals surface area contributed by atoms with Gasteiger partial charge in [0.2, 0.25) is 5.91 Å². The lowest BCUT2D eigenvalue weighted by atomic mass is 9.92. The van der Waals surface area contributed by atoms with Crippen LogP contribution >= 0.6 is 15.9 Å². The quantitative estimate of drug-likeness (QED) is 0.625. The number of hydrogen-bond acceptors (Lipinski definition) is 3. The average molecular weight is 458 g/mol. The maximum atomic E-state index is 12.9. The van der Waals surface area contributed by atoms with Crippen molar-refractivity contribution in [3.05, 3.63) is 70.2 Å². The molecular weight excluding hydrogens is 434 g/mol. The van der Waals surface area contributed by atoms with Crippen LogP contribution in [0.4, 0.5) is 4.79 Å². The first-order chi connectivity index (χ1) is 13.8. The van der Waals surface area contributed by atoms with Crippen LogP contribution in [0.2, 0.25) is 0 Å². The number of imide groups is 1. The van der Waals surface area contributed by atoms with Gasteiger partial charge in [0.25, 0.3) is 5.91 Å². The van der Waals surface area contributed by atoms with E-state index in [1.807, 2.05) is 43.3 Å². The molecular formula is C22H24BrN3O3. The Balaban J connectivity index is 1.58. The Labute approximate surface area is 178 Å². The first-order valence-corrected chi connectivity index (χ1v) is 10.3. The first kappa shape index (κ1) is 21.0. The fraction of sp³-hybridized carbons (Fsp3) is 0.318. The highest BCUT2D eigenvalue weighted by Crippen LogP contribution is 2.30. The van der Waals surface area contributed by atoms with Crippen LogP contribution in [-0.2, 0) is 21.5 Å². The Morgan fingerprint density at radius 3 is 2.59 bits per heavy atom. The van der Waals surface area contributed by atoms with Crippen LogP contribution in [0.3, 0.4) is 0 Å². The second-order valence-corrected chi connectivity index (χ2v) is 8.37. The van der Waals surface area contributed by atoms with E-state index < -0.39 is 17.5 Å². The van der Waals surface area contributed by atoms with Gasteiger partial charge in [-0.1, -0.05) is 58.4 Å². The molecule has 1 heterocycles. The zero-order chi connectivity index (χ0) is 21.0. The zero-order valence-electron chi connectivity index (χ0n) is 16.4. The molecule has 6 nitrogen and oxygen atoms in total. The lowest BCUT2D eigenvalue weighted by Gasteiger charge is -2.22. The van der Waals surface area contributed by atoms with Crippen molar-refractivity contribution in [3.8, 4) is 0 Å². The standard InChI is InChI=1S/C22H24BrN3O3/c1-15(11-12-16-7-4-3-5-8-16)24-19(27)14-26-20(28)22(2,25-21(26)29)17-9-6-10-18(23)13-17/h3-10,13,15H,11-12,14H2,1-2H3,(H,24,27)(H,25,29). The minimum Gasteiger partial charge on any atom is -0.352 e. The van der Waals surface area contributed by atoms with Gasteiger partial charge in [-0.3, -0.25) is 14.5 Å². The third-order valence-corrected chi connectivity index (χ3v) is 5.59. The van der Waals surface area contributed by atoms with E-state index in [0.717, 1.165) is 22.2 Å². The second kappa shape index (κ2) is 8.78. The van der Waals surface area contributed by atoms with Gasteiger partial charge in [0.15, 0.2) is 0 Å². The summed E-state index contributed by atoms with van der Waals surface area (Å²) in [6, 6.07) is 16.6. The van der Waals surface area contributed by atoms with Crippen molar-refractivity contribution in [2.45, 2.75) is 38.3 Å². The summed E-state index contributed by atoms with van der Waals surface area (Å²) in [6.07, 6.45) is 1.61. The maximum absolute atomic E-state index is 12.9. The van der Waals surface area contributed by atoms with E-state index in [0.29, 0.717) is 5.56 Å². The minimum absolute atomic E-state index is 0.0695. The molecule has 0 bridgehead atoms. The molecule has 2 aromatic rings. The molecule has 4 amide bonds. The summed E-state index contributed by atoms with van der Waals surface area (Å²) in [7, 11) is 0. The summed E-state index contributed by atoms with van der Waals surface area (Å²) in [4.78, 5) is 38.7. The van der Waals surface area contributed by atoms with Gasteiger partial charge >= 0.3 is 6.03 Å². The number of rotatable bonds is 7. The predicted octanol–water partition coefficient (Wildman–Crippen LogP) is 3.35. The number of carbonyl (C=O) groups excluding carboxylic acids is 3. The molecule has 1 aliphatic heterocycles. The highest BCUT2D eigenvalue weighted by Gasteiger charge is 2.49. The number of nitrogens with zero attached hydrogens (tertiary/aromatic N) is 1. The lowest BCUT2D eigenvalue weighted by Crippen LogP contribution is -2.45. The molecule has 2 atom stereocenters. The summed E-state index contributed by atoms with van der Waals surface area (Å²) >= 11 is 3.38. The summed E-state index contributed by atoms with van der Waals surface area (Å²) in [5, 5.41) is 5.59. The second-order valence-electron chi connectivity index (χ2n) is 7.45. The van der Waals surface area contributed by atoms with Crippen molar-refractivity contribution < 1.29 is 14.4 Å². The molecule has 2 aromatic carbocycles. The monoisotopic (exact) mass is 457 g/mol. The van der Waals surface area contributed by atoms with Gasteiger partial charge in [-0.2, -0.15) is 0 Å². The molecule has 1 aliphatic rings. The Hall–Kier alpha value is -2.67. The van der Waals surface area contributed by atoms with Gasteiger partial charge in [0, 0.05) is 10.5 Å². The van der Waals surface area contributed by atoms with Gasteiger partial charge < -0.3 is 10.6 Å². The summed E-state index contributed by atoms with van der Waals surface area (Å²) < 4.78 is 0.807. The van der Waals surface area contributed by atoms with Crippen molar-refractivity contribution in [2.75, 3.05) is 6.54 Å². The van der Waals surface area contributed by atoms with Crippen LogP contribution in [-0.4, -0.2) is 35.3 Å². The number of carbonyl (C=O) groups is 3. The maximum Gasteiger partial charge on any atom is 0.325 e. The molecule has 152 valence electrons. The van der Waals surface area contributed by atoms with Crippen LogP contribution in [0.15, 0.2) is 59.1 Å². The lowest BCUT2D eigenvalue weighted by molar-refractivity contribution is -0.135. The largest absolute Gasteiger partial charge is 0.352 e. The number of hydrogen-bond donors (Lipinski definition) is 2. The highest BCUT2D eigenvalue weighted by atomic mass is 79.9. The van der Waals surface area contributed by atoms with Crippen molar-refractivity contribution in [1.82, 2.24) is 15.5 Å². The molecule has 0 aromatic heterocycles. The Bertz CT molecular complexity index is 919. The van der Waals surface area contributed by atoms with E-state index in [1.165, 1.54) is 5.56 Å². The van der Waals surface area contributed by atoms with Gasteiger partial charge in [-0.25, -0.2) is 4.79 Å². The van der Waals surface area contributed by atoms with E-state index in [4.69, 9.17) is 0 Å². The van der Waals surface area contributed by atoms with Gasteiger partial charge in [-0.05, 0) is 49.9 Å². The number of nitrogens with one attached hydrogen (secondary N) is 2. The summed E-state index contributed by atoms with van der Waals surface area (Å²) in [5.41, 5.74) is 0.664. The molecule has 2 unspecified atom stereocenters. The van der Waals surface area contributed by atoms with Gasteiger partial charge in [0.05, 0.1) is 0 Å². The third-order valence-electron chi connectivity index (χ3n) is 5.09. The summed E-state index contributed by atoms with van der Waals surface area (Å²) in [6.45, 7) is 3.26. The Kier molecular flexibility index (Phi) is 6.37. The minimum atomic E-state index is -1.19. The van der Waals surface area contributed by atoms with Crippen LogP contribution < -0.4 is 10.6 Å². The molecule has 29 heavy (non-hydrogen) atoms. The van der Waals surface area contributed by atoms with Gasteiger partial charge in [-0.15, -0.1) is 0 Å². The van der Waals surface area contributed by atoms with Crippen LogP contribution in [0.5, 0.6) is 0 Å². The Morgan fingerprint density at radius 2 is 1.90 bits per heavy atom. The average Bonchev–Trinajstić information content (AvgIpc) is 2.91. The summed E-state index contributed by atoms with van der Waals surface area (Å²) in [5.74, 6) is -0.791. The molecule has 2 N–H and O–H groups in total. The SMILES string of the molecule is CC(CCc1ccccc1)NC(=O)CN1C(=O)NC(C)(c2cccc(Br)c2)C1=O. The van der Waals surface area contributed by atoms with E-state index in [2.05, 4.69) is 26.6 Å². The van der Waals surface area contributed by atoms with E-state index in [-0.39, 0.29) is 18.5 Å². The van der Waals surface area contributed by atoms with Crippen LogP contribution in [0.25, 0.3) is 0 Å². The number of benzene rings is 2. The topological polar surface area (TPSA) is 78.5 Å². The third kappa shape index (κ3) is 4.85. The molecule has 0 radical (unpaired) electrons. The van der Waals surface area contributed by atoms with Crippen molar-refractivity contribution in [3.63, 3.8) is 0 Å². The van der Waals surface area contributed by atoms with Crippen molar-refractivity contribution >= 4 is 33.8 Å². The molecule has 0 spiro atoms. The van der Waals surface area contributed by atoms with E-state index in [1.54, 1.807) is 25.1 Å². The Morgan fingerprint density at radius 1 is 1.17 bits per heavy atom. The number of aryl methyl sites for hydroxylation is 1. The molecule has 7 heteroatoms. The van der Waals surface area contributed by atoms with Crippen molar-refractivity contribution in [1.29, 1.82) is 0 Å². The molecule has 3 rings (SSSR count). The number of urea groups is 1. The molecule has 0 saturated carbocycles. The predicted molar refractivity (Wildman–Crippen MR) is 114 cm³/mol. The van der Waals surface area contributed by atoms with E-state index >= 15 is 0 Å². The molecule has 1 fully saturated rings. The van der Waals surface area contributed by atoms with Gasteiger partial charge in [0.1, 0.15) is 12.1 Å². The smallest absolute Gasteiger partial charge is 0.325 e. The van der Waals surface area contributed by atoms with Crippen LogP contribution in [0, 0.1) is 0 Å². The number of halogens is 1. The fourth-order valence-electron chi connectivity index (χ4n) is 3.40. The fourth-order valence-corrected chi connectivity index (χ4v) is 3.80. The van der Waals surface area contributed by atoms with E-state index in [9.17, 15) is 14.4 Å². The zero-order valence-corrected chi connectivity index (χ0v) is 18.0. The normalized spacial score (nSPS) is 19.8. The molecule has 1 saturated heterocycles. The molecule has 0 aliphatic carbocycles. The highest BCUT2D eigenvalue weighted by molar-refractivity contribution is 9.10. The van der Waals surface area contributed by atoms with Crippen molar-refractivity contribution in [2.24, 2.45) is 0 Å². The van der Waals surface area contributed by atoms with Crippen LogP contribution in [0.1, 0.15) is 31.4 Å².